The third-order valence-electron chi connectivity index (χ3n) is 6.85. The Labute approximate surface area is 174 Å². The molecule has 6 atom stereocenters. The monoisotopic (exact) mass is 403 g/mol. The fourth-order valence-corrected chi connectivity index (χ4v) is 5.55. The van der Waals surface area contributed by atoms with Crippen LogP contribution in [0.5, 0.6) is 5.75 Å². The summed E-state index contributed by atoms with van der Waals surface area (Å²) in [5.74, 6) is 0.0322. The zero-order chi connectivity index (χ0) is 20.4. The highest BCUT2D eigenvalue weighted by Crippen LogP contribution is 2.54. The molecule has 152 valence electrons. The Morgan fingerprint density at radius 3 is 2.73 bits per heavy atom. The second-order valence-corrected chi connectivity index (χ2v) is 8.22. The number of carbonyl (C=O) groups is 2. The molecule has 0 spiro atoms. The van der Waals surface area contributed by atoms with Gasteiger partial charge in [0.15, 0.2) is 11.6 Å². The summed E-state index contributed by atoms with van der Waals surface area (Å²) in [6, 6.07) is 14.5. The topological polar surface area (TPSA) is 65.1 Å². The first-order chi connectivity index (χ1) is 14.7. The molecule has 0 unspecified atom stereocenters. The maximum absolute atomic E-state index is 13.7. The summed E-state index contributed by atoms with van der Waals surface area (Å²) in [6.07, 6.45) is 2.92. The number of hydrogen-bond donors (Lipinski definition) is 0. The van der Waals surface area contributed by atoms with Crippen molar-refractivity contribution in [2.75, 3.05) is 13.7 Å². The smallest absolute Gasteiger partial charge is 0.218 e. The highest BCUT2D eigenvalue weighted by atomic mass is 16.7. The van der Waals surface area contributed by atoms with Gasteiger partial charge in [0.05, 0.1) is 37.8 Å². The van der Waals surface area contributed by atoms with Crippen LogP contribution in [-0.2, 0) is 14.3 Å². The van der Waals surface area contributed by atoms with Crippen LogP contribution in [0.25, 0.3) is 6.08 Å². The first-order valence-electron chi connectivity index (χ1n) is 10.2. The number of Topliss-reactive ketones (excluding diaryl/α,β-unsaturated/α-hetero) is 2. The normalized spacial score (nSPS) is 33.1. The Bertz CT molecular complexity index is 1060. The molecule has 0 saturated carbocycles. The van der Waals surface area contributed by atoms with Crippen molar-refractivity contribution in [2.24, 2.45) is 11.8 Å². The molecule has 6 heteroatoms. The van der Waals surface area contributed by atoms with Gasteiger partial charge in [-0.25, -0.2) is 0 Å². The molecular weight excluding hydrogens is 382 g/mol. The van der Waals surface area contributed by atoms with Crippen LogP contribution in [0.2, 0.25) is 0 Å². The van der Waals surface area contributed by atoms with Crippen LogP contribution in [-0.4, -0.2) is 48.6 Å². The van der Waals surface area contributed by atoms with Crippen LogP contribution in [0.4, 0.5) is 0 Å². The molecule has 0 aliphatic carbocycles. The standard InChI is InChI=1S/C24H21NO5/c1-28-15-8-6-14(7-9-15)22(26)21-18-17-12-29-24(30-17)23(27)19(18)20-16-5-3-2-4-13(16)10-11-25(20)21/h2-11,17-21,24H,12H2,1H3/t17-,18+,19-,20+,21+,24+/m1/s1. The zero-order valence-electron chi connectivity index (χ0n) is 16.4. The lowest BCUT2D eigenvalue weighted by atomic mass is 9.75. The molecule has 4 aliphatic rings. The van der Waals surface area contributed by atoms with Gasteiger partial charge in [-0.05, 0) is 41.5 Å². The van der Waals surface area contributed by atoms with E-state index in [0.29, 0.717) is 17.9 Å². The van der Waals surface area contributed by atoms with Crippen LogP contribution in [0, 0.1) is 11.8 Å². The Hall–Kier alpha value is -2.96. The van der Waals surface area contributed by atoms with E-state index >= 15 is 0 Å². The summed E-state index contributed by atoms with van der Waals surface area (Å²) in [5.41, 5.74) is 2.76. The van der Waals surface area contributed by atoms with E-state index in [2.05, 4.69) is 11.0 Å². The fraction of sp³-hybridized carbons (Fsp3) is 0.333. The minimum Gasteiger partial charge on any atom is -0.497 e. The molecule has 0 N–H and O–H groups in total. The van der Waals surface area contributed by atoms with Gasteiger partial charge in [-0.3, -0.25) is 9.59 Å². The molecule has 2 bridgehead atoms. The quantitative estimate of drug-likeness (QED) is 0.735. The van der Waals surface area contributed by atoms with Crippen molar-refractivity contribution in [2.45, 2.75) is 24.5 Å². The van der Waals surface area contributed by atoms with Crippen molar-refractivity contribution in [1.82, 2.24) is 4.90 Å². The highest BCUT2D eigenvalue weighted by Gasteiger charge is 2.63. The van der Waals surface area contributed by atoms with Crippen LogP contribution < -0.4 is 4.74 Å². The van der Waals surface area contributed by atoms with Crippen molar-refractivity contribution in [3.63, 3.8) is 0 Å². The molecule has 4 aliphatic heterocycles. The number of ketones is 2. The summed E-state index contributed by atoms with van der Waals surface area (Å²) in [4.78, 5) is 29.1. The van der Waals surface area contributed by atoms with E-state index in [-0.39, 0.29) is 35.5 Å². The number of fused-ring (bicyclic) bond motifs is 8. The van der Waals surface area contributed by atoms with Gasteiger partial charge < -0.3 is 19.1 Å². The van der Waals surface area contributed by atoms with Crippen molar-refractivity contribution >= 4 is 17.6 Å². The van der Waals surface area contributed by atoms with Crippen LogP contribution >= 0.6 is 0 Å². The SMILES string of the molecule is COc1ccc(C(=O)[C@@H]2[C@@H]3[C@@H](C(=O)[C@H]4OC[C@H]3O4)[C@@H]3c4ccccc4C=CN23)cc1. The molecule has 0 amide bonds. The lowest BCUT2D eigenvalue weighted by Crippen LogP contribution is -2.48. The lowest BCUT2D eigenvalue weighted by molar-refractivity contribution is -0.164. The maximum Gasteiger partial charge on any atom is 0.218 e. The van der Waals surface area contributed by atoms with E-state index in [9.17, 15) is 9.59 Å². The van der Waals surface area contributed by atoms with Gasteiger partial charge in [-0.15, -0.1) is 0 Å². The highest BCUT2D eigenvalue weighted by molar-refractivity contribution is 6.02. The molecule has 2 aromatic rings. The largest absolute Gasteiger partial charge is 0.497 e. The summed E-state index contributed by atoms with van der Waals surface area (Å²) in [5, 5.41) is 0. The Morgan fingerprint density at radius 2 is 1.93 bits per heavy atom. The average Bonchev–Trinajstić information content (AvgIpc) is 3.38. The number of benzene rings is 2. The predicted molar refractivity (Wildman–Crippen MR) is 108 cm³/mol. The van der Waals surface area contributed by atoms with Crippen LogP contribution in [0.15, 0.2) is 54.7 Å². The maximum atomic E-state index is 13.7. The molecule has 6 nitrogen and oxygen atoms in total. The minimum atomic E-state index is -0.814. The van der Waals surface area contributed by atoms with E-state index in [4.69, 9.17) is 14.2 Å². The fourth-order valence-electron chi connectivity index (χ4n) is 5.55. The number of hydrogen-bond acceptors (Lipinski definition) is 6. The van der Waals surface area contributed by atoms with Crippen molar-refractivity contribution in [3.8, 4) is 5.75 Å². The third-order valence-corrected chi connectivity index (χ3v) is 6.85. The number of nitrogens with zero attached hydrogens (tertiary/aromatic N) is 1. The van der Waals surface area contributed by atoms with Crippen molar-refractivity contribution < 1.29 is 23.8 Å². The van der Waals surface area contributed by atoms with Gasteiger partial charge in [-0.2, -0.15) is 0 Å². The molecule has 3 saturated heterocycles. The van der Waals surface area contributed by atoms with Gasteiger partial charge in [0.2, 0.25) is 6.29 Å². The van der Waals surface area contributed by atoms with Gasteiger partial charge in [0, 0.05) is 17.7 Å². The number of rotatable bonds is 3. The minimum absolute atomic E-state index is 0.0130. The lowest BCUT2D eigenvalue weighted by Gasteiger charge is -2.34. The van der Waals surface area contributed by atoms with E-state index in [1.54, 1.807) is 31.4 Å². The van der Waals surface area contributed by atoms with E-state index < -0.39 is 12.3 Å². The number of methoxy groups -OCH3 is 1. The first kappa shape index (κ1) is 17.9. The van der Waals surface area contributed by atoms with Crippen molar-refractivity contribution in [1.29, 1.82) is 0 Å². The zero-order valence-corrected chi connectivity index (χ0v) is 16.4. The first-order valence-corrected chi connectivity index (χ1v) is 10.2. The van der Waals surface area contributed by atoms with E-state index in [1.165, 1.54) is 0 Å². The van der Waals surface area contributed by atoms with Gasteiger partial charge in [0.1, 0.15) is 5.75 Å². The summed E-state index contributed by atoms with van der Waals surface area (Å²) >= 11 is 0. The van der Waals surface area contributed by atoms with Gasteiger partial charge >= 0.3 is 0 Å². The Kier molecular flexibility index (Phi) is 3.88. The second-order valence-electron chi connectivity index (χ2n) is 8.22. The van der Waals surface area contributed by atoms with Crippen LogP contribution in [0.3, 0.4) is 0 Å². The molecule has 3 fully saturated rings. The van der Waals surface area contributed by atoms with Crippen molar-refractivity contribution in [3.05, 3.63) is 71.4 Å². The Morgan fingerprint density at radius 1 is 1.13 bits per heavy atom. The van der Waals surface area contributed by atoms with E-state index in [1.807, 2.05) is 30.5 Å². The molecule has 30 heavy (non-hydrogen) atoms. The summed E-state index contributed by atoms with van der Waals surface area (Å²) < 4.78 is 16.7. The molecular formula is C24H21NO5. The van der Waals surface area contributed by atoms with E-state index in [0.717, 1.165) is 11.1 Å². The van der Waals surface area contributed by atoms with Gasteiger partial charge in [0.25, 0.3) is 0 Å². The average molecular weight is 403 g/mol. The molecule has 0 aromatic heterocycles. The molecule has 2 aromatic carbocycles. The number of carbonyl (C=O) groups excluding carboxylic acids is 2. The number of ether oxygens (including phenoxy) is 3. The molecule has 6 rings (SSSR count). The summed E-state index contributed by atoms with van der Waals surface area (Å²) in [6.45, 7) is 0.343. The molecule has 4 heterocycles. The van der Waals surface area contributed by atoms with Gasteiger partial charge in [-0.1, -0.05) is 24.3 Å². The molecule has 0 radical (unpaired) electrons. The summed E-state index contributed by atoms with van der Waals surface area (Å²) in [7, 11) is 1.60. The third kappa shape index (κ3) is 2.38. The second kappa shape index (κ2) is 6.52. The Balaban J connectivity index is 1.47. The van der Waals surface area contributed by atoms with Crippen LogP contribution in [0.1, 0.15) is 27.5 Å². The predicted octanol–water partition coefficient (Wildman–Crippen LogP) is 2.84.